The average Bonchev–Trinajstić information content (AvgIpc) is 2.68. The van der Waals surface area contributed by atoms with Crippen LogP contribution >= 0.6 is 0 Å². The van der Waals surface area contributed by atoms with Crippen molar-refractivity contribution in [2.45, 2.75) is 56.4 Å². The van der Waals surface area contributed by atoms with Crippen molar-refractivity contribution in [2.24, 2.45) is 0 Å². The minimum absolute atomic E-state index is 0.0294. The van der Waals surface area contributed by atoms with Gasteiger partial charge in [-0.1, -0.05) is 18.6 Å². The number of carbonyl (C=O) groups is 1. The molecular formula is C22H26F2N4O2. The molecule has 2 atom stereocenters. The third-order valence-electron chi connectivity index (χ3n) is 6.41. The lowest BCUT2D eigenvalue weighted by atomic mass is 9.81. The molecule has 2 N–H and O–H groups in total. The van der Waals surface area contributed by atoms with Gasteiger partial charge in [0.05, 0.1) is 12.0 Å². The second-order valence-corrected chi connectivity index (χ2v) is 8.31. The van der Waals surface area contributed by atoms with Gasteiger partial charge in [-0.3, -0.25) is 14.5 Å². The van der Waals surface area contributed by atoms with Crippen molar-refractivity contribution >= 4 is 11.7 Å². The quantitative estimate of drug-likeness (QED) is 0.782. The van der Waals surface area contributed by atoms with Crippen molar-refractivity contribution < 1.29 is 13.6 Å². The van der Waals surface area contributed by atoms with Crippen LogP contribution in [0.4, 0.5) is 14.6 Å². The number of H-pyrrole nitrogens is 1. The Labute approximate surface area is 173 Å². The van der Waals surface area contributed by atoms with Crippen molar-refractivity contribution in [3.63, 3.8) is 0 Å². The molecule has 8 heteroatoms. The molecule has 4 rings (SSSR count). The summed E-state index contributed by atoms with van der Waals surface area (Å²) in [5.41, 5.74) is 1.22. The van der Waals surface area contributed by atoms with Gasteiger partial charge in [0.2, 0.25) is 11.5 Å². The fourth-order valence-electron chi connectivity index (χ4n) is 4.13. The Morgan fingerprint density at radius 1 is 1.27 bits per heavy atom. The highest BCUT2D eigenvalue weighted by molar-refractivity contribution is 5.93. The first-order valence-corrected chi connectivity index (χ1v) is 10.4. The first kappa shape index (κ1) is 20.7. The van der Waals surface area contributed by atoms with Gasteiger partial charge in [0, 0.05) is 38.0 Å². The monoisotopic (exact) mass is 416 g/mol. The van der Waals surface area contributed by atoms with Gasteiger partial charge in [0.25, 0.3) is 5.92 Å². The number of aromatic nitrogens is 2. The molecule has 1 aliphatic heterocycles. The molecule has 2 aliphatic rings. The van der Waals surface area contributed by atoms with E-state index >= 15 is 0 Å². The number of halogens is 2. The highest BCUT2D eigenvalue weighted by Gasteiger charge is 2.46. The summed E-state index contributed by atoms with van der Waals surface area (Å²) in [6.45, 7) is 1.86. The number of carbonyl (C=O) groups excluding carboxylic acids is 1. The fraction of sp³-hybridized carbons (Fsp3) is 0.500. The van der Waals surface area contributed by atoms with E-state index in [4.69, 9.17) is 0 Å². The molecule has 160 valence electrons. The van der Waals surface area contributed by atoms with Crippen molar-refractivity contribution in [1.29, 1.82) is 0 Å². The third kappa shape index (κ3) is 4.28. The normalized spacial score (nSPS) is 22.8. The van der Waals surface area contributed by atoms with Gasteiger partial charge >= 0.3 is 0 Å². The third-order valence-corrected chi connectivity index (χ3v) is 6.41. The van der Waals surface area contributed by atoms with E-state index in [0.717, 1.165) is 0 Å². The van der Waals surface area contributed by atoms with Crippen LogP contribution in [0, 0.1) is 0 Å². The van der Waals surface area contributed by atoms with E-state index in [1.807, 2.05) is 6.07 Å². The summed E-state index contributed by atoms with van der Waals surface area (Å²) < 4.78 is 29.1. The van der Waals surface area contributed by atoms with Crippen molar-refractivity contribution in [1.82, 2.24) is 14.9 Å². The molecule has 1 unspecified atom stereocenters. The number of rotatable bonds is 5. The summed E-state index contributed by atoms with van der Waals surface area (Å²) in [6.07, 6.45) is 6.40. The maximum Gasteiger partial charge on any atom is 0.257 e. The second-order valence-electron chi connectivity index (χ2n) is 8.31. The van der Waals surface area contributed by atoms with Gasteiger partial charge in [-0.25, -0.2) is 13.8 Å². The Morgan fingerprint density at radius 3 is 2.63 bits per heavy atom. The summed E-state index contributed by atoms with van der Waals surface area (Å²) in [5, 5.41) is 2.80. The fourth-order valence-corrected chi connectivity index (χ4v) is 4.13. The smallest absolute Gasteiger partial charge is 0.257 e. The zero-order valence-electron chi connectivity index (χ0n) is 16.9. The van der Waals surface area contributed by atoms with Gasteiger partial charge in [-0.05, 0) is 42.9 Å². The number of aromatic amines is 1. The maximum absolute atomic E-state index is 14.5. The number of pyridine rings is 2. The Kier molecular flexibility index (Phi) is 5.69. The SMILES string of the molecule is CC(C(=O)Nc1ccc(C2CCC2)cn1)N1CCC(F)(F)[C@@H](c2ccc(=O)[nH]c2)C1. The minimum atomic E-state index is -2.90. The molecule has 1 amide bonds. The standard InChI is InChI=1S/C22H26F2N4O2/c1-14(21(30)27-19-7-5-16(11-25-19)15-3-2-4-15)28-10-9-22(23,24)18(13-28)17-6-8-20(29)26-12-17/h5-8,11-12,14-15,18H,2-4,9-10,13H2,1H3,(H,26,29)(H,25,27,30)/t14?,18-/m1/s1. The number of hydrogen-bond acceptors (Lipinski definition) is 4. The van der Waals surface area contributed by atoms with Gasteiger partial charge < -0.3 is 10.3 Å². The number of nitrogens with one attached hydrogen (secondary N) is 2. The topological polar surface area (TPSA) is 78.1 Å². The number of hydrogen-bond donors (Lipinski definition) is 2. The molecule has 1 saturated heterocycles. The summed E-state index contributed by atoms with van der Waals surface area (Å²) in [5.74, 6) is -3.22. The van der Waals surface area contributed by atoms with Gasteiger partial charge in [-0.15, -0.1) is 0 Å². The number of piperidine rings is 1. The molecule has 0 bridgehead atoms. The minimum Gasteiger partial charge on any atom is -0.329 e. The zero-order chi connectivity index (χ0) is 21.3. The Hall–Kier alpha value is -2.61. The molecule has 0 aromatic carbocycles. The van der Waals surface area contributed by atoms with E-state index in [1.165, 1.54) is 43.2 Å². The lowest BCUT2D eigenvalue weighted by Gasteiger charge is -2.40. The summed E-state index contributed by atoms with van der Waals surface area (Å²) in [4.78, 5) is 32.5. The molecule has 3 heterocycles. The number of anilines is 1. The summed E-state index contributed by atoms with van der Waals surface area (Å²) in [6, 6.07) is 5.88. The zero-order valence-corrected chi connectivity index (χ0v) is 16.9. The number of nitrogens with zero attached hydrogens (tertiary/aromatic N) is 2. The molecular weight excluding hydrogens is 390 g/mol. The highest BCUT2D eigenvalue weighted by atomic mass is 19.3. The Balaban J connectivity index is 1.41. The second kappa shape index (κ2) is 8.26. The summed E-state index contributed by atoms with van der Waals surface area (Å²) in [7, 11) is 0. The lowest BCUT2D eigenvalue weighted by Crippen LogP contribution is -2.52. The van der Waals surface area contributed by atoms with Gasteiger partial charge in [0.1, 0.15) is 5.82 Å². The lowest BCUT2D eigenvalue weighted by molar-refractivity contribution is -0.125. The van der Waals surface area contributed by atoms with Crippen LogP contribution in [0.1, 0.15) is 55.6 Å². The van der Waals surface area contributed by atoms with E-state index in [2.05, 4.69) is 15.3 Å². The van der Waals surface area contributed by atoms with Crippen LogP contribution in [0.3, 0.4) is 0 Å². The number of amides is 1. The highest BCUT2D eigenvalue weighted by Crippen LogP contribution is 2.40. The van der Waals surface area contributed by atoms with Crippen LogP contribution in [0.15, 0.2) is 41.5 Å². The first-order valence-electron chi connectivity index (χ1n) is 10.4. The van der Waals surface area contributed by atoms with Crippen LogP contribution in [-0.2, 0) is 4.79 Å². The van der Waals surface area contributed by atoms with E-state index in [9.17, 15) is 18.4 Å². The number of likely N-dealkylation sites (tertiary alicyclic amines) is 1. The first-order chi connectivity index (χ1) is 14.3. The molecule has 0 spiro atoms. The molecule has 0 radical (unpaired) electrons. The van der Waals surface area contributed by atoms with Crippen LogP contribution in [0.25, 0.3) is 0 Å². The predicted octanol–water partition coefficient (Wildman–Crippen LogP) is 3.49. The Morgan fingerprint density at radius 2 is 2.03 bits per heavy atom. The largest absolute Gasteiger partial charge is 0.329 e. The molecule has 6 nitrogen and oxygen atoms in total. The van der Waals surface area contributed by atoms with Crippen molar-refractivity contribution in [3.8, 4) is 0 Å². The summed E-state index contributed by atoms with van der Waals surface area (Å²) >= 11 is 0. The van der Waals surface area contributed by atoms with Crippen LogP contribution < -0.4 is 10.9 Å². The van der Waals surface area contributed by atoms with E-state index in [-0.39, 0.29) is 31.0 Å². The van der Waals surface area contributed by atoms with Crippen LogP contribution in [0.5, 0.6) is 0 Å². The molecule has 1 aliphatic carbocycles. The van der Waals surface area contributed by atoms with E-state index in [0.29, 0.717) is 17.3 Å². The van der Waals surface area contributed by atoms with Crippen LogP contribution in [-0.4, -0.2) is 45.8 Å². The van der Waals surface area contributed by atoms with Crippen molar-refractivity contribution in [3.05, 3.63) is 58.1 Å². The maximum atomic E-state index is 14.5. The van der Waals surface area contributed by atoms with E-state index in [1.54, 1.807) is 24.1 Å². The molecule has 2 fully saturated rings. The predicted molar refractivity (Wildman–Crippen MR) is 110 cm³/mol. The van der Waals surface area contributed by atoms with Gasteiger partial charge in [-0.2, -0.15) is 0 Å². The number of alkyl halides is 2. The average molecular weight is 416 g/mol. The molecule has 2 aromatic rings. The molecule has 30 heavy (non-hydrogen) atoms. The van der Waals surface area contributed by atoms with Gasteiger partial charge in [0.15, 0.2) is 0 Å². The molecule has 2 aromatic heterocycles. The van der Waals surface area contributed by atoms with Crippen molar-refractivity contribution in [2.75, 3.05) is 18.4 Å². The molecule has 1 saturated carbocycles. The Bertz CT molecular complexity index is 936. The van der Waals surface area contributed by atoms with E-state index < -0.39 is 17.9 Å². The van der Waals surface area contributed by atoms with Crippen LogP contribution in [0.2, 0.25) is 0 Å².